The van der Waals surface area contributed by atoms with Gasteiger partial charge in [0.05, 0.1) is 12.6 Å². The van der Waals surface area contributed by atoms with Crippen molar-refractivity contribution < 1.29 is 14.3 Å². The van der Waals surface area contributed by atoms with E-state index in [-0.39, 0.29) is 17.9 Å². The third-order valence-electron chi connectivity index (χ3n) is 5.32. The van der Waals surface area contributed by atoms with E-state index in [0.29, 0.717) is 31.3 Å². The zero-order valence-corrected chi connectivity index (χ0v) is 16.4. The van der Waals surface area contributed by atoms with Gasteiger partial charge in [0.2, 0.25) is 5.91 Å². The highest BCUT2D eigenvalue weighted by molar-refractivity contribution is 5.94. The number of carbonyl (C=O) groups excluding carboxylic acids is 2. The van der Waals surface area contributed by atoms with Gasteiger partial charge < -0.3 is 15.0 Å². The molecule has 1 saturated carbocycles. The molecule has 0 bridgehead atoms. The fourth-order valence-corrected chi connectivity index (χ4v) is 3.24. The summed E-state index contributed by atoms with van der Waals surface area (Å²) in [6, 6.07) is 7.65. The minimum atomic E-state index is -0.137. The summed E-state index contributed by atoms with van der Waals surface area (Å²) in [4.78, 5) is 29.0. The first kappa shape index (κ1) is 19.7. The summed E-state index contributed by atoms with van der Waals surface area (Å²) in [6.07, 6.45) is 4.33. The lowest BCUT2D eigenvalue weighted by atomic mass is 10.1. The molecule has 1 aromatic carbocycles. The molecule has 1 aliphatic carbocycles. The summed E-state index contributed by atoms with van der Waals surface area (Å²) in [5.41, 5.74) is 0.686. The molecule has 1 heterocycles. The van der Waals surface area contributed by atoms with Crippen LogP contribution in [0.25, 0.3) is 0 Å². The van der Waals surface area contributed by atoms with Crippen LogP contribution in [0, 0.1) is 0 Å². The summed E-state index contributed by atoms with van der Waals surface area (Å²) >= 11 is 0. The average Bonchev–Trinajstić information content (AvgIpc) is 3.52. The van der Waals surface area contributed by atoms with Gasteiger partial charge in [0.25, 0.3) is 5.91 Å². The van der Waals surface area contributed by atoms with Gasteiger partial charge in [-0.1, -0.05) is 13.3 Å². The van der Waals surface area contributed by atoms with Crippen molar-refractivity contribution in [3.8, 4) is 5.75 Å². The first-order chi connectivity index (χ1) is 13.1. The molecule has 148 valence electrons. The summed E-state index contributed by atoms with van der Waals surface area (Å²) < 4.78 is 5.65. The van der Waals surface area contributed by atoms with Crippen LogP contribution in [-0.2, 0) is 4.79 Å². The molecular weight excluding hydrogens is 342 g/mol. The number of nitrogens with one attached hydrogen (secondary N) is 1. The Morgan fingerprint density at radius 1 is 1.15 bits per heavy atom. The van der Waals surface area contributed by atoms with Gasteiger partial charge >= 0.3 is 0 Å². The van der Waals surface area contributed by atoms with Crippen molar-refractivity contribution in [2.75, 3.05) is 32.8 Å². The Morgan fingerprint density at radius 2 is 1.81 bits per heavy atom. The molecule has 0 spiro atoms. The Labute approximate surface area is 161 Å². The summed E-state index contributed by atoms with van der Waals surface area (Å²) in [5.74, 6) is 0.959. The molecule has 1 atom stereocenters. The van der Waals surface area contributed by atoms with Crippen molar-refractivity contribution in [2.45, 2.75) is 51.6 Å². The minimum Gasteiger partial charge on any atom is -0.494 e. The van der Waals surface area contributed by atoms with E-state index in [1.165, 1.54) is 0 Å². The number of nitrogens with zero attached hydrogens (tertiary/aromatic N) is 2. The maximum atomic E-state index is 12.7. The zero-order chi connectivity index (χ0) is 19.2. The minimum absolute atomic E-state index is 0.0462. The highest BCUT2D eigenvalue weighted by Crippen LogP contribution is 2.20. The predicted molar refractivity (Wildman–Crippen MR) is 105 cm³/mol. The topological polar surface area (TPSA) is 61.9 Å². The van der Waals surface area contributed by atoms with Crippen molar-refractivity contribution in [3.05, 3.63) is 29.8 Å². The lowest BCUT2D eigenvalue weighted by Gasteiger charge is -2.37. The van der Waals surface area contributed by atoms with E-state index in [0.717, 1.165) is 44.5 Å². The SMILES string of the molecule is CCCCOc1ccc(C(=O)N2CCN(C(C)C(=O)NC3CC3)CC2)cc1. The molecule has 2 fully saturated rings. The number of rotatable bonds is 8. The Balaban J connectivity index is 1.46. The summed E-state index contributed by atoms with van der Waals surface area (Å²) in [5, 5.41) is 3.06. The van der Waals surface area contributed by atoms with E-state index in [9.17, 15) is 9.59 Å². The van der Waals surface area contributed by atoms with E-state index >= 15 is 0 Å². The lowest BCUT2D eigenvalue weighted by molar-refractivity contribution is -0.126. The molecular formula is C21H31N3O3. The van der Waals surface area contributed by atoms with Crippen LogP contribution in [0.3, 0.4) is 0 Å². The van der Waals surface area contributed by atoms with E-state index in [1.54, 1.807) is 0 Å². The van der Waals surface area contributed by atoms with E-state index in [4.69, 9.17) is 4.74 Å². The second-order valence-electron chi connectivity index (χ2n) is 7.51. The first-order valence-corrected chi connectivity index (χ1v) is 10.1. The van der Waals surface area contributed by atoms with Crippen LogP contribution in [0.5, 0.6) is 5.75 Å². The Hall–Kier alpha value is -2.08. The number of benzene rings is 1. The Bertz CT molecular complexity index is 635. The van der Waals surface area contributed by atoms with E-state index in [1.807, 2.05) is 36.1 Å². The molecule has 6 nitrogen and oxygen atoms in total. The number of piperazine rings is 1. The number of hydrogen-bond acceptors (Lipinski definition) is 4. The monoisotopic (exact) mass is 373 g/mol. The van der Waals surface area contributed by atoms with Crippen molar-refractivity contribution in [2.24, 2.45) is 0 Å². The van der Waals surface area contributed by atoms with Gasteiger partial charge in [0, 0.05) is 37.8 Å². The van der Waals surface area contributed by atoms with Crippen molar-refractivity contribution in [1.82, 2.24) is 15.1 Å². The molecule has 2 amide bonds. The molecule has 1 N–H and O–H groups in total. The number of unbranched alkanes of at least 4 members (excludes halogenated alkanes) is 1. The number of ether oxygens (including phenoxy) is 1. The third kappa shape index (κ3) is 5.45. The Morgan fingerprint density at radius 3 is 2.41 bits per heavy atom. The molecule has 1 saturated heterocycles. The first-order valence-electron chi connectivity index (χ1n) is 10.1. The van der Waals surface area contributed by atoms with Crippen LogP contribution in [-0.4, -0.2) is 66.5 Å². The molecule has 0 aromatic heterocycles. The number of amides is 2. The number of carbonyl (C=O) groups is 2. The molecule has 27 heavy (non-hydrogen) atoms. The maximum absolute atomic E-state index is 12.7. The molecule has 6 heteroatoms. The van der Waals surface area contributed by atoms with Gasteiger partial charge in [-0.3, -0.25) is 14.5 Å². The fourth-order valence-electron chi connectivity index (χ4n) is 3.24. The molecule has 3 rings (SSSR count). The lowest BCUT2D eigenvalue weighted by Crippen LogP contribution is -2.55. The van der Waals surface area contributed by atoms with Gasteiger partial charge in [-0.15, -0.1) is 0 Å². The van der Waals surface area contributed by atoms with Gasteiger partial charge in [-0.2, -0.15) is 0 Å². The normalized spacial score (nSPS) is 18.8. The third-order valence-corrected chi connectivity index (χ3v) is 5.32. The molecule has 1 aliphatic heterocycles. The van der Waals surface area contributed by atoms with Crippen LogP contribution in [0.15, 0.2) is 24.3 Å². The zero-order valence-electron chi connectivity index (χ0n) is 16.4. The summed E-state index contributed by atoms with van der Waals surface area (Å²) in [7, 11) is 0. The quantitative estimate of drug-likeness (QED) is 0.710. The van der Waals surface area contributed by atoms with Crippen molar-refractivity contribution >= 4 is 11.8 Å². The summed E-state index contributed by atoms with van der Waals surface area (Å²) in [6.45, 7) is 7.53. The van der Waals surface area contributed by atoms with Gasteiger partial charge in [-0.05, 0) is 50.5 Å². The fraction of sp³-hybridized carbons (Fsp3) is 0.619. The van der Waals surface area contributed by atoms with Gasteiger partial charge in [-0.25, -0.2) is 0 Å². The van der Waals surface area contributed by atoms with E-state index in [2.05, 4.69) is 17.1 Å². The highest BCUT2D eigenvalue weighted by atomic mass is 16.5. The van der Waals surface area contributed by atoms with Crippen LogP contribution in [0.4, 0.5) is 0 Å². The van der Waals surface area contributed by atoms with Crippen molar-refractivity contribution in [3.63, 3.8) is 0 Å². The van der Waals surface area contributed by atoms with Crippen LogP contribution < -0.4 is 10.1 Å². The van der Waals surface area contributed by atoms with Gasteiger partial charge in [0.15, 0.2) is 0 Å². The van der Waals surface area contributed by atoms with Crippen LogP contribution in [0.1, 0.15) is 49.9 Å². The Kier molecular flexibility index (Phi) is 6.72. The highest BCUT2D eigenvalue weighted by Gasteiger charge is 2.31. The predicted octanol–water partition coefficient (Wildman–Crippen LogP) is 2.29. The van der Waals surface area contributed by atoms with Crippen LogP contribution >= 0.6 is 0 Å². The maximum Gasteiger partial charge on any atom is 0.253 e. The largest absolute Gasteiger partial charge is 0.494 e. The van der Waals surface area contributed by atoms with E-state index < -0.39 is 0 Å². The number of hydrogen-bond donors (Lipinski definition) is 1. The second-order valence-corrected chi connectivity index (χ2v) is 7.51. The standard InChI is InChI=1S/C21H31N3O3/c1-3-4-15-27-19-9-5-17(6-10-19)21(26)24-13-11-23(12-14-24)16(2)20(25)22-18-7-8-18/h5-6,9-10,16,18H,3-4,7-8,11-15H2,1-2H3,(H,22,25). The average molecular weight is 373 g/mol. The molecule has 0 radical (unpaired) electrons. The van der Waals surface area contributed by atoms with Crippen LogP contribution in [0.2, 0.25) is 0 Å². The molecule has 1 unspecified atom stereocenters. The molecule has 1 aromatic rings. The second kappa shape index (κ2) is 9.22. The smallest absolute Gasteiger partial charge is 0.253 e. The van der Waals surface area contributed by atoms with Crippen molar-refractivity contribution in [1.29, 1.82) is 0 Å². The van der Waals surface area contributed by atoms with Gasteiger partial charge in [0.1, 0.15) is 5.75 Å². The molecule has 2 aliphatic rings.